The van der Waals surface area contributed by atoms with Gasteiger partial charge in [-0.3, -0.25) is 0 Å². The average Bonchev–Trinajstić information content (AvgIpc) is 2.27. The number of hydrogen-bond acceptors (Lipinski definition) is 0. The molecule has 0 aliphatic heterocycles. The molecule has 1 aromatic carbocycles. The molecular formula is C9H10BN. The van der Waals surface area contributed by atoms with E-state index in [0.29, 0.717) is 0 Å². The summed E-state index contributed by atoms with van der Waals surface area (Å²) in [4.78, 5) is 3.29. The van der Waals surface area contributed by atoms with Crippen LogP contribution in [-0.4, -0.2) is 11.9 Å². The van der Waals surface area contributed by atoms with Gasteiger partial charge in [-0.2, -0.15) is 0 Å². The van der Waals surface area contributed by atoms with Crippen LogP contribution in [0.1, 0.15) is 11.2 Å². The van der Waals surface area contributed by atoms with E-state index in [9.17, 15) is 0 Å². The Morgan fingerprint density at radius 3 is 2.91 bits per heavy atom. The Bertz CT molecular complexity index is 389. The van der Waals surface area contributed by atoms with Crippen molar-refractivity contribution >= 4 is 17.7 Å². The number of hydrogen-bond donors (Lipinski definition) is 1. The number of nitrogens with one attached hydrogen (secondary N) is 1. The van der Waals surface area contributed by atoms with Gasteiger partial charge >= 0.3 is 65.9 Å². The topological polar surface area (TPSA) is 15.8 Å². The molecule has 0 amide bonds. The van der Waals surface area contributed by atoms with Gasteiger partial charge in [-0.15, -0.1) is 0 Å². The summed E-state index contributed by atoms with van der Waals surface area (Å²) in [7, 11) is 0. The van der Waals surface area contributed by atoms with Crippen LogP contribution in [0.4, 0.5) is 0 Å². The molecular weight excluding hydrogens is 133 g/mol. The maximum atomic E-state index is 3.29. The molecule has 2 aromatic rings. The second-order valence-corrected chi connectivity index (χ2v) is 3.04. The fourth-order valence-electron chi connectivity index (χ4n) is 1.40. The second kappa shape index (κ2) is 2.23. The van der Waals surface area contributed by atoms with E-state index in [1.165, 1.54) is 22.0 Å². The molecule has 1 aromatic heterocycles. The summed E-state index contributed by atoms with van der Waals surface area (Å²) < 4.78 is 0. The molecule has 0 spiro atoms. The van der Waals surface area contributed by atoms with Crippen molar-refractivity contribution in [2.24, 2.45) is 0 Å². The van der Waals surface area contributed by atoms with Gasteiger partial charge in [-0.05, 0) is 0 Å². The Morgan fingerprint density at radius 1 is 1.27 bits per heavy atom. The Balaban J connectivity index is 2.82. The SMILES string of the molecule is Cc1ccc2[nH]c(C)bc2c1. The van der Waals surface area contributed by atoms with E-state index in [-0.39, 0.29) is 0 Å². The summed E-state index contributed by atoms with van der Waals surface area (Å²) in [6, 6.07) is 6.44. The Morgan fingerprint density at radius 2 is 2.09 bits per heavy atom. The third-order valence-corrected chi connectivity index (χ3v) is 1.91. The van der Waals surface area contributed by atoms with Crippen LogP contribution in [0.3, 0.4) is 0 Å². The predicted molar refractivity (Wildman–Crippen MR) is 49.1 cm³/mol. The normalized spacial score (nSPS) is 10.4. The fraction of sp³-hybridized carbons (Fsp3) is 0.222. The molecule has 0 saturated heterocycles. The van der Waals surface area contributed by atoms with E-state index in [1.54, 1.807) is 0 Å². The molecule has 0 atom stereocenters. The first-order valence-electron chi connectivity index (χ1n) is 3.82. The van der Waals surface area contributed by atoms with Crippen LogP contribution in [0.5, 0.6) is 0 Å². The Kier molecular flexibility index (Phi) is 1.35. The number of fused-ring (bicyclic) bond motifs is 1. The van der Waals surface area contributed by atoms with Gasteiger partial charge in [0.15, 0.2) is 0 Å². The standard InChI is InChI=1S/C9H10BN/c1-6-3-4-9-8(5-6)10-7(2)11-9/h3-5,11H,1-2H3. The van der Waals surface area contributed by atoms with Crippen LogP contribution >= 0.6 is 0 Å². The van der Waals surface area contributed by atoms with Crippen molar-refractivity contribution in [3.63, 3.8) is 0 Å². The molecule has 1 N–H and O–H groups in total. The van der Waals surface area contributed by atoms with Gasteiger partial charge in [-0.25, -0.2) is 0 Å². The van der Waals surface area contributed by atoms with Gasteiger partial charge in [0, 0.05) is 0 Å². The van der Waals surface area contributed by atoms with Crippen LogP contribution in [0.15, 0.2) is 18.2 Å². The number of aryl methyl sites for hydroxylation is 2. The minimum atomic E-state index is 1.23. The van der Waals surface area contributed by atoms with Gasteiger partial charge in [0.25, 0.3) is 0 Å². The first-order valence-corrected chi connectivity index (χ1v) is 3.82. The van der Waals surface area contributed by atoms with Crippen molar-refractivity contribution in [2.75, 3.05) is 0 Å². The van der Waals surface area contributed by atoms with E-state index in [1.807, 2.05) is 0 Å². The zero-order valence-corrected chi connectivity index (χ0v) is 6.81. The molecule has 0 aliphatic rings. The summed E-state index contributed by atoms with van der Waals surface area (Å²) in [6.07, 6.45) is 0. The minimum absolute atomic E-state index is 1.23. The van der Waals surface area contributed by atoms with Crippen LogP contribution in [0.25, 0.3) is 10.8 Å². The molecule has 0 saturated carbocycles. The van der Waals surface area contributed by atoms with Gasteiger partial charge in [0.1, 0.15) is 0 Å². The van der Waals surface area contributed by atoms with E-state index in [2.05, 4.69) is 43.9 Å². The molecule has 0 unspecified atom stereocenters. The van der Waals surface area contributed by atoms with Crippen molar-refractivity contribution in [2.45, 2.75) is 13.8 Å². The number of aromatic amines is 1. The third kappa shape index (κ3) is 1.09. The monoisotopic (exact) mass is 143 g/mol. The van der Waals surface area contributed by atoms with Gasteiger partial charge in [-0.1, -0.05) is 0 Å². The molecule has 0 bridgehead atoms. The molecule has 11 heavy (non-hydrogen) atoms. The third-order valence-electron chi connectivity index (χ3n) is 1.91. The van der Waals surface area contributed by atoms with Gasteiger partial charge in [0.05, 0.1) is 0 Å². The summed E-state index contributed by atoms with van der Waals surface area (Å²) in [5, 5.41) is 1.31. The summed E-state index contributed by atoms with van der Waals surface area (Å²) >= 11 is 0. The number of rotatable bonds is 0. The second-order valence-electron chi connectivity index (χ2n) is 3.04. The van der Waals surface area contributed by atoms with E-state index in [4.69, 9.17) is 0 Å². The van der Waals surface area contributed by atoms with Crippen molar-refractivity contribution in [3.8, 4) is 0 Å². The van der Waals surface area contributed by atoms with Crippen LogP contribution in [-0.2, 0) is 0 Å². The molecule has 1 nitrogen and oxygen atoms in total. The number of benzene rings is 1. The molecule has 0 fully saturated rings. The van der Waals surface area contributed by atoms with Crippen LogP contribution < -0.4 is 0 Å². The van der Waals surface area contributed by atoms with Gasteiger partial charge in [0.2, 0.25) is 0 Å². The Hall–Kier alpha value is -1.05. The number of H-pyrrole nitrogens is 1. The van der Waals surface area contributed by atoms with E-state index < -0.39 is 0 Å². The van der Waals surface area contributed by atoms with E-state index in [0.717, 1.165) is 0 Å². The molecule has 2 heteroatoms. The van der Waals surface area contributed by atoms with Crippen molar-refractivity contribution < 1.29 is 0 Å². The van der Waals surface area contributed by atoms with Crippen molar-refractivity contribution in [3.05, 3.63) is 29.4 Å². The van der Waals surface area contributed by atoms with Crippen molar-refractivity contribution in [1.29, 1.82) is 0 Å². The van der Waals surface area contributed by atoms with Crippen molar-refractivity contribution in [1.82, 2.24) is 4.98 Å². The zero-order valence-electron chi connectivity index (χ0n) is 6.81. The zero-order chi connectivity index (χ0) is 7.84. The first-order chi connectivity index (χ1) is 5.25. The maximum absolute atomic E-state index is 3.29. The fourth-order valence-corrected chi connectivity index (χ4v) is 1.40. The van der Waals surface area contributed by atoms with E-state index >= 15 is 0 Å². The Labute approximate surface area is 66.7 Å². The first kappa shape index (κ1) is 6.65. The summed E-state index contributed by atoms with van der Waals surface area (Å²) in [5.74, 6) is 0. The predicted octanol–water partition coefficient (Wildman–Crippen LogP) is 2.12. The quantitative estimate of drug-likeness (QED) is 0.581. The van der Waals surface area contributed by atoms with Gasteiger partial charge < -0.3 is 0 Å². The number of aromatic nitrogens is 1. The van der Waals surface area contributed by atoms with Crippen LogP contribution in [0.2, 0.25) is 0 Å². The summed E-state index contributed by atoms with van der Waals surface area (Å²) in [5.41, 5.74) is 3.77. The molecule has 2 rings (SSSR count). The average molecular weight is 143 g/mol. The molecule has 0 aliphatic carbocycles. The molecule has 1 heterocycles. The molecule has 54 valence electrons. The molecule has 0 radical (unpaired) electrons. The summed E-state index contributed by atoms with van der Waals surface area (Å²) in [6.45, 7) is 6.36. The van der Waals surface area contributed by atoms with Crippen LogP contribution in [0, 0.1) is 13.8 Å².